The van der Waals surface area contributed by atoms with Crippen molar-refractivity contribution in [3.63, 3.8) is 0 Å². The van der Waals surface area contributed by atoms with E-state index in [0.717, 1.165) is 44.7 Å². The molecule has 6 nitrogen and oxygen atoms in total. The lowest BCUT2D eigenvalue weighted by Crippen LogP contribution is -2.08. The van der Waals surface area contributed by atoms with Crippen LogP contribution in [0.25, 0.3) is 21.1 Å². The molecular weight excluding hydrogens is 979 g/mol. The van der Waals surface area contributed by atoms with Crippen LogP contribution in [-0.2, 0) is 24.2 Å². The van der Waals surface area contributed by atoms with Gasteiger partial charge in [0.05, 0.1) is 16.5 Å². The van der Waals surface area contributed by atoms with Gasteiger partial charge in [-0.1, -0.05) is 216 Å². The van der Waals surface area contributed by atoms with Crippen molar-refractivity contribution in [3.05, 3.63) is 116 Å². The van der Waals surface area contributed by atoms with Gasteiger partial charge in [0.2, 0.25) is 0 Å². The molecule has 1 atom stereocenters. The van der Waals surface area contributed by atoms with Gasteiger partial charge in [0, 0.05) is 49.9 Å². The molecule has 5 aromatic rings. The molecule has 0 amide bonds. The molecule has 0 aliphatic carbocycles. The van der Waals surface area contributed by atoms with E-state index in [1.807, 2.05) is 72.3 Å². The second kappa shape index (κ2) is 37.0. The Balaban J connectivity index is 0.000000308. The van der Waals surface area contributed by atoms with Crippen molar-refractivity contribution in [3.8, 4) is 27.2 Å². The minimum atomic E-state index is 0.0867. The van der Waals surface area contributed by atoms with Crippen LogP contribution in [0.5, 0.6) is 0 Å². The average Bonchev–Trinajstić information content (AvgIpc) is 4.01. The number of nitrogens with zero attached hydrogens (tertiary/aromatic N) is 3. The molecule has 0 saturated heterocycles. The summed E-state index contributed by atoms with van der Waals surface area (Å²) in [6.07, 6.45) is 32.2. The lowest BCUT2D eigenvalue weighted by molar-refractivity contribution is -0.107. The van der Waals surface area contributed by atoms with Crippen LogP contribution in [0.15, 0.2) is 89.7 Å². The summed E-state index contributed by atoms with van der Waals surface area (Å²) in [6, 6.07) is 25.8. The highest BCUT2D eigenvalue weighted by atomic mass is 79.9. The Labute approximate surface area is 416 Å². The SMILES string of the molecule is CCCCCCCCC(Br)C=O.CCCCCCCCc1cnc(-c2ccc(C#N)cc2)s1.CCCCCCCCc1cnc(-c2ccc(CN)cc2)s1.NC(=S)c1ccc(Br)cc1. The van der Waals surface area contributed by atoms with Gasteiger partial charge in [-0.15, -0.1) is 22.7 Å². The van der Waals surface area contributed by atoms with Gasteiger partial charge in [0.25, 0.3) is 0 Å². The first-order valence-corrected chi connectivity index (χ1v) is 27.3. The minimum Gasteiger partial charge on any atom is -0.389 e. The second-order valence-corrected chi connectivity index (χ2v) is 20.7. The van der Waals surface area contributed by atoms with Crippen LogP contribution in [0.2, 0.25) is 0 Å². The number of benzene rings is 3. The molecular formula is C53H73Br2N5OS3. The molecule has 0 spiro atoms. The van der Waals surface area contributed by atoms with Crippen LogP contribution in [0.1, 0.15) is 169 Å². The highest BCUT2D eigenvalue weighted by Crippen LogP contribution is 2.28. The Morgan fingerprint density at radius 1 is 0.672 bits per heavy atom. The van der Waals surface area contributed by atoms with Crippen LogP contribution in [0.3, 0.4) is 0 Å². The summed E-state index contributed by atoms with van der Waals surface area (Å²) in [6.45, 7) is 7.34. The molecule has 0 saturated carbocycles. The third-order valence-corrected chi connectivity index (χ3v) is 14.1. The molecule has 2 heterocycles. The second-order valence-electron chi connectivity index (χ2n) is 16.0. The van der Waals surface area contributed by atoms with E-state index in [2.05, 4.69) is 92.9 Å². The molecule has 3 aromatic carbocycles. The summed E-state index contributed by atoms with van der Waals surface area (Å²) in [4.78, 5) is 22.6. The fraction of sp³-hybridized carbons (Fsp3) is 0.491. The van der Waals surface area contributed by atoms with Crippen molar-refractivity contribution in [1.82, 2.24) is 9.97 Å². The first-order chi connectivity index (χ1) is 31.2. The molecule has 11 heteroatoms. The molecule has 64 heavy (non-hydrogen) atoms. The van der Waals surface area contributed by atoms with Crippen molar-refractivity contribution in [2.24, 2.45) is 11.5 Å². The summed E-state index contributed by atoms with van der Waals surface area (Å²) >= 11 is 15.0. The number of rotatable bonds is 26. The van der Waals surface area contributed by atoms with Crippen molar-refractivity contribution in [2.75, 3.05) is 0 Å². The zero-order valence-electron chi connectivity index (χ0n) is 38.7. The molecule has 5 rings (SSSR count). The predicted octanol–water partition coefficient (Wildman–Crippen LogP) is 16.5. The zero-order valence-corrected chi connectivity index (χ0v) is 44.3. The first kappa shape index (κ1) is 57.0. The lowest BCUT2D eigenvalue weighted by atomic mass is 10.1. The number of carbonyl (C=O) groups is 1. The van der Waals surface area contributed by atoms with E-state index in [1.54, 1.807) is 11.3 Å². The number of halogens is 2. The Bertz CT molecular complexity index is 1970. The molecule has 1 unspecified atom stereocenters. The Morgan fingerprint density at radius 2 is 1.09 bits per heavy atom. The van der Waals surface area contributed by atoms with E-state index in [4.69, 9.17) is 28.9 Å². The monoisotopic (exact) mass is 1050 g/mol. The molecule has 4 N–H and O–H groups in total. The van der Waals surface area contributed by atoms with Gasteiger partial charge in [0.15, 0.2) is 0 Å². The van der Waals surface area contributed by atoms with Crippen molar-refractivity contribution >= 4 is 78.0 Å². The van der Waals surface area contributed by atoms with E-state index in [-0.39, 0.29) is 4.83 Å². The summed E-state index contributed by atoms with van der Waals surface area (Å²) in [5.74, 6) is 0. The number of carbonyl (C=O) groups excluding carboxylic acids is 1. The number of nitrogens with two attached hydrogens (primary N) is 2. The standard InChI is InChI=1S/C18H26N2S.C18H22N2S.C10H19BrO.C7H6BrNS/c2*1-2-3-4-5-6-7-8-17-14-20-18(21-17)16-11-9-15(13-19)10-12-16;1-2-3-4-5-6-7-8-10(11)9-12;8-6-3-1-5(2-4-6)7(9)10/h9-12,14H,2-8,13,19H2,1H3;9-12,14H,2-8H2,1H3;9-10H,2-8H2,1H3;1-4H,(H2,9,10). The summed E-state index contributed by atoms with van der Waals surface area (Å²) in [7, 11) is 0. The van der Waals surface area contributed by atoms with Gasteiger partial charge in [-0.05, 0) is 61.9 Å². The average molecular weight is 1050 g/mol. The van der Waals surface area contributed by atoms with Crippen molar-refractivity contribution in [1.29, 1.82) is 5.26 Å². The van der Waals surface area contributed by atoms with E-state index in [0.29, 0.717) is 17.1 Å². The van der Waals surface area contributed by atoms with Crippen LogP contribution in [0.4, 0.5) is 0 Å². The molecule has 0 radical (unpaired) electrons. The Kier molecular flexibility index (Phi) is 33.0. The number of unbranched alkanes of at least 4 members (excludes halogenated alkanes) is 15. The first-order valence-electron chi connectivity index (χ1n) is 23.5. The number of thiazole rings is 2. The fourth-order valence-electron chi connectivity index (χ4n) is 6.54. The number of hydrogen-bond donors (Lipinski definition) is 2. The van der Waals surface area contributed by atoms with E-state index < -0.39 is 0 Å². The van der Waals surface area contributed by atoms with Crippen LogP contribution in [0, 0.1) is 11.3 Å². The number of alkyl halides is 1. The van der Waals surface area contributed by atoms with E-state index >= 15 is 0 Å². The maximum atomic E-state index is 10.2. The summed E-state index contributed by atoms with van der Waals surface area (Å²) in [5.41, 5.74) is 16.1. The lowest BCUT2D eigenvalue weighted by Gasteiger charge is -2.01. The van der Waals surface area contributed by atoms with Crippen molar-refractivity contribution in [2.45, 2.75) is 167 Å². The van der Waals surface area contributed by atoms with E-state index in [1.165, 1.54) is 143 Å². The van der Waals surface area contributed by atoms with Crippen LogP contribution >= 0.6 is 66.8 Å². The number of aldehydes is 1. The third kappa shape index (κ3) is 26.1. The highest BCUT2D eigenvalue weighted by Gasteiger charge is 2.07. The number of aryl methyl sites for hydroxylation is 2. The zero-order chi connectivity index (χ0) is 46.6. The third-order valence-electron chi connectivity index (χ3n) is 10.5. The van der Waals surface area contributed by atoms with Gasteiger partial charge in [-0.25, -0.2) is 9.97 Å². The molecule has 0 fully saturated rings. The Morgan fingerprint density at radius 3 is 1.50 bits per heavy atom. The summed E-state index contributed by atoms with van der Waals surface area (Å²) in [5, 5.41) is 11.0. The fourth-order valence-corrected chi connectivity index (χ4v) is 9.19. The van der Waals surface area contributed by atoms with Crippen molar-refractivity contribution < 1.29 is 4.79 Å². The molecule has 2 aromatic heterocycles. The van der Waals surface area contributed by atoms with Crippen LogP contribution < -0.4 is 11.5 Å². The maximum absolute atomic E-state index is 10.2. The number of aromatic nitrogens is 2. The molecule has 0 bridgehead atoms. The topological polar surface area (TPSA) is 119 Å². The van der Waals surface area contributed by atoms with Gasteiger partial charge < -0.3 is 16.3 Å². The van der Waals surface area contributed by atoms with Crippen LogP contribution in [-0.4, -0.2) is 26.1 Å². The number of thiocarbonyl (C=S) groups is 1. The summed E-state index contributed by atoms with van der Waals surface area (Å²) < 4.78 is 1.03. The maximum Gasteiger partial charge on any atom is 0.133 e. The molecule has 348 valence electrons. The predicted molar refractivity (Wildman–Crippen MR) is 289 cm³/mol. The van der Waals surface area contributed by atoms with Gasteiger partial charge in [0.1, 0.15) is 21.3 Å². The number of hydrogen-bond acceptors (Lipinski definition) is 8. The minimum absolute atomic E-state index is 0.0867. The number of nitriles is 1. The van der Waals surface area contributed by atoms with Gasteiger partial charge in [-0.3, -0.25) is 0 Å². The smallest absolute Gasteiger partial charge is 0.133 e. The van der Waals surface area contributed by atoms with Gasteiger partial charge >= 0.3 is 0 Å². The quantitative estimate of drug-likeness (QED) is 0.0245. The highest BCUT2D eigenvalue weighted by molar-refractivity contribution is 9.10. The molecule has 0 aliphatic heterocycles. The largest absolute Gasteiger partial charge is 0.389 e. The normalized spacial score (nSPS) is 10.9. The van der Waals surface area contributed by atoms with E-state index in [9.17, 15) is 4.79 Å². The Hall–Kier alpha value is -3.11. The molecule has 0 aliphatic rings. The van der Waals surface area contributed by atoms with Gasteiger partial charge in [-0.2, -0.15) is 5.26 Å².